The van der Waals surface area contributed by atoms with Crippen LogP contribution >= 0.6 is 0 Å². The number of hydrogen-bond donors (Lipinski definition) is 8. The lowest BCUT2D eigenvalue weighted by atomic mass is 9.87. The lowest BCUT2D eigenvalue weighted by Crippen LogP contribution is -2.39. The molecule has 0 radical (unpaired) electrons. The number of pyridine rings is 2. The van der Waals surface area contributed by atoms with Crippen LogP contribution in [0.4, 0.5) is 0 Å². The number of imide groups is 1. The summed E-state index contributed by atoms with van der Waals surface area (Å²) in [6.45, 7) is 7.37. The summed E-state index contributed by atoms with van der Waals surface area (Å²) < 4.78 is 9.69. The predicted molar refractivity (Wildman–Crippen MR) is 309 cm³/mol. The molecule has 10 rings (SSSR count). The highest BCUT2D eigenvalue weighted by molar-refractivity contribution is 6.10. The molecule has 23 heteroatoms. The van der Waals surface area contributed by atoms with Crippen molar-refractivity contribution in [3.8, 4) is 5.75 Å². The van der Waals surface area contributed by atoms with Crippen molar-refractivity contribution in [2.75, 3.05) is 14.2 Å². The third-order valence-electron chi connectivity index (χ3n) is 13.7. The number of nitrogens with one attached hydrogen (secondary N) is 4. The molecule has 1 aliphatic rings. The van der Waals surface area contributed by atoms with Crippen molar-refractivity contribution < 1.29 is 54.3 Å². The smallest absolute Gasteiger partial charge is 0.274 e. The van der Waals surface area contributed by atoms with E-state index in [1.807, 2.05) is 42.5 Å². The Morgan fingerprint density at radius 2 is 1.05 bits per heavy atom. The number of nitrogens with zero attached hydrogens (tertiary/aromatic N) is 5. The standard InChI is InChI=1S/C20H21N3O3.C19H18N2O4.C11H10N2O4.C11H10N2O3/c1-20(2,3)15-7-4-13(5-8-15)11-23-12-21-17-9-6-14(18(24)22-26)10-16(17)19(23)25;1-25-16-6-2-13(3-7-16)8-10-21-11-9-14-4-5-15(18(22)20-24)12-17(14)19(21)23;1-13-9(14)5-7-4-6(10(15)12-17)2-3-8(7)11(13)16;1-13-5-4-7-2-3-8(10(14)12-16)6-9(7)11(13)15/h4-10,12,26H,11H2,1-3H3,(H,22,24);2-7,9,11-12,24H,8,10H2,1H3,(H,20,22);2-4,17H,5H2,1H3,(H,12,15);2-6,16H,1H3,(H,12,14). The Balaban J connectivity index is 0.000000164. The molecule has 23 nitrogen and oxygen atoms in total. The normalized spacial score (nSPS) is 11.7. The molecule has 0 aliphatic carbocycles. The zero-order valence-corrected chi connectivity index (χ0v) is 46.4. The van der Waals surface area contributed by atoms with Crippen molar-refractivity contribution in [3.05, 3.63) is 233 Å². The summed E-state index contributed by atoms with van der Waals surface area (Å²) >= 11 is 0. The molecule has 6 aromatic carbocycles. The first-order valence-corrected chi connectivity index (χ1v) is 25.7. The van der Waals surface area contributed by atoms with E-state index in [1.165, 1.54) is 81.5 Å². The molecule has 0 atom stereocenters. The van der Waals surface area contributed by atoms with E-state index in [0.29, 0.717) is 52.3 Å². The van der Waals surface area contributed by atoms with Crippen molar-refractivity contribution in [1.29, 1.82) is 0 Å². The summed E-state index contributed by atoms with van der Waals surface area (Å²) in [6, 6.07) is 37.8. The van der Waals surface area contributed by atoms with Crippen molar-refractivity contribution in [3.63, 3.8) is 0 Å². The molecule has 3 aromatic heterocycles. The molecule has 1 aliphatic heterocycles. The highest BCUT2D eigenvalue weighted by atomic mass is 16.5. The van der Waals surface area contributed by atoms with E-state index in [2.05, 4.69) is 37.9 Å². The Labute approximate surface area is 478 Å². The maximum absolute atomic E-state index is 12.8. The molecule has 8 N–H and O–H groups in total. The van der Waals surface area contributed by atoms with Gasteiger partial charge in [-0.05, 0) is 130 Å². The fourth-order valence-corrected chi connectivity index (χ4v) is 8.76. The van der Waals surface area contributed by atoms with Crippen LogP contribution in [0.25, 0.3) is 32.4 Å². The molecule has 0 saturated heterocycles. The number of fused-ring (bicyclic) bond motifs is 4. The number of carbonyl (C=O) groups excluding carboxylic acids is 6. The minimum atomic E-state index is -0.674. The number of amides is 6. The van der Waals surface area contributed by atoms with E-state index in [-0.39, 0.29) is 62.6 Å². The quantitative estimate of drug-likeness (QED) is 0.0452. The van der Waals surface area contributed by atoms with Crippen LogP contribution < -0.4 is 43.3 Å². The maximum Gasteiger partial charge on any atom is 0.274 e. The summed E-state index contributed by atoms with van der Waals surface area (Å²) in [5, 5.41) is 37.2. The molecule has 0 bridgehead atoms. The summed E-state index contributed by atoms with van der Waals surface area (Å²) in [5.41, 5.74) is 11.3. The number of methoxy groups -OCH3 is 1. The fourth-order valence-electron chi connectivity index (χ4n) is 8.76. The van der Waals surface area contributed by atoms with Gasteiger partial charge in [-0.1, -0.05) is 69.3 Å². The van der Waals surface area contributed by atoms with Gasteiger partial charge in [0.1, 0.15) is 5.75 Å². The van der Waals surface area contributed by atoms with E-state index in [1.54, 1.807) is 78.5 Å². The molecule has 0 fully saturated rings. The number of hydrogen-bond acceptors (Lipinski definition) is 15. The molecule has 432 valence electrons. The Hall–Kier alpha value is -10.5. The SMILES string of the molecule is CC(C)(C)c1ccc(Cn2cnc3ccc(C(=O)NO)cc3c2=O)cc1.CN1C(=O)Cc2cc(C(=O)NO)ccc2C1=O.COc1ccc(CCn2ccc3ccc(C(=O)NO)cc3c2=O)cc1.Cn1ccc2ccc(C(=O)NO)cc2c1=O. The minimum absolute atomic E-state index is 0.0730. The Kier molecular flexibility index (Phi) is 19.6. The van der Waals surface area contributed by atoms with Gasteiger partial charge in [0.2, 0.25) is 5.91 Å². The summed E-state index contributed by atoms with van der Waals surface area (Å²) in [6.07, 6.45) is 5.70. The van der Waals surface area contributed by atoms with Crippen LogP contribution in [0, 0.1) is 0 Å². The van der Waals surface area contributed by atoms with Crippen LogP contribution in [0.2, 0.25) is 0 Å². The average Bonchev–Trinajstić information content (AvgIpc) is 3.38. The number of carbonyl (C=O) groups is 6. The van der Waals surface area contributed by atoms with Gasteiger partial charge in [-0.25, -0.2) is 26.9 Å². The van der Waals surface area contributed by atoms with Crippen LogP contribution in [-0.4, -0.2) is 94.0 Å². The first-order valence-electron chi connectivity index (χ1n) is 25.7. The first kappa shape index (κ1) is 61.2. The molecular formula is C61H59N9O14. The third-order valence-corrected chi connectivity index (χ3v) is 13.7. The second kappa shape index (κ2) is 26.9. The lowest BCUT2D eigenvalue weighted by molar-refractivity contribution is -0.127. The monoisotopic (exact) mass is 1140 g/mol. The molecule has 84 heavy (non-hydrogen) atoms. The zero-order chi connectivity index (χ0) is 61.0. The van der Waals surface area contributed by atoms with E-state index in [0.717, 1.165) is 32.5 Å². The number of hydroxylamine groups is 4. The average molecular weight is 1140 g/mol. The van der Waals surface area contributed by atoms with Crippen LogP contribution in [0.1, 0.15) is 94.8 Å². The van der Waals surface area contributed by atoms with Crippen molar-refractivity contribution in [2.24, 2.45) is 7.05 Å². The van der Waals surface area contributed by atoms with Gasteiger partial charge in [0.15, 0.2) is 0 Å². The summed E-state index contributed by atoms with van der Waals surface area (Å²) in [7, 11) is 4.68. The maximum atomic E-state index is 12.8. The van der Waals surface area contributed by atoms with Gasteiger partial charge in [-0.15, -0.1) is 0 Å². The Morgan fingerprint density at radius 3 is 1.60 bits per heavy atom. The molecular weight excluding hydrogens is 1080 g/mol. The van der Waals surface area contributed by atoms with E-state index in [4.69, 9.17) is 25.6 Å². The van der Waals surface area contributed by atoms with Crippen LogP contribution in [0.15, 0.2) is 167 Å². The number of benzene rings is 6. The van der Waals surface area contributed by atoms with Crippen molar-refractivity contribution in [1.82, 2.24) is 45.5 Å². The van der Waals surface area contributed by atoms with Gasteiger partial charge >= 0.3 is 0 Å². The van der Waals surface area contributed by atoms with Crippen LogP contribution in [0.5, 0.6) is 5.75 Å². The highest BCUT2D eigenvalue weighted by Gasteiger charge is 2.28. The second-order valence-electron chi connectivity index (χ2n) is 20.2. The van der Waals surface area contributed by atoms with Gasteiger partial charge < -0.3 is 13.9 Å². The number of likely N-dealkylation sites (N-methyl/N-ethyl adjacent to an activating group) is 1. The van der Waals surface area contributed by atoms with Gasteiger partial charge in [0.25, 0.3) is 46.2 Å². The molecule has 0 spiro atoms. The van der Waals surface area contributed by atoms with Crippen molar-refractivity contribution in [2.45, 2.75) is 52.1 Å². The van der Waals surface area contributed by atoms with E-state index < -0.39 is 23.6 Å². The second-order valence-corrected chi connectivity index (χ2v) is 20.2. The lowest BCUT2D eigenvalue weighted by Gasteiger charge is -2.23. The van der Waals surface area contributed by atoms with Gasteiger partial charge in [0.05, 0.1) is 37.3 Å². The van der Waals surface area contributed by atoms with E-state index >= 15 is 0 Å². The predicted octanol–water partition coefficient (Wildman–Crippen LogP) is 5.85. The molecule has 0 saturated carbocycles. The number of aromatic nitrogens is 4. The highest BCUT2D eigenvalue weighted by Crippen LogP contribution is 2.24. The minimum Gasteiger partial charge on any atom is -0.497 e. The van der Waals surface area contributed by atoms with Crippen LogP contribution in [-0.2, 0) is 43.2 Å². The first-order chi connectivity index (χ1) is 40.1. The van der Waals surface area contributed by atoms with E-state index in [9.17, 15) is 43.2 Å². The van der Waals surface area contributed by atoms with Crippen molar-refractivity contribution >= 4 is 67.9 Å². The summed E-state index contributed by atoms with van der Waals surface area (Å²) in [5.74, 6) is -2.52. The number of aryl methyl sites for hydroxylation is 3. The largest absolute Gasteiger partial charge is 0.497 e. The Morgan fingerprint density at radius 1 is 0.560 bits per heavy atom. The number of ether oxygens (including phenoxy) is 1. The summed E-state index contributed by atoms with van der Waals surface area (Å²) in [4.78, 5) is 111. The van der Waals surface area contributed by atoms with Gasteiger partial charge in [0, 0.05) is 71.6 Å². The molecule has 4 heterocycles. The molecule has 6 amide bonds. The van der Waals surface area contributed by atoms with Crippen LogP contribution in [0.3, 0.4) is 0 Å². The Bertz CT molecular complexity index is 4170. The topological polar surface area (TPSA) is 323 Å². The molecule has 9 aromatic rings. The number of rotatable bonds is 10. The van der Waals surface area contributed by atoms with Gasteiger partial charge in [-0.3, -0.25) is 73.4 Å². The fraction of sp³-hybridized carbons (Fsp3) is 0.180. The third kappa shape index (κ3) is 14.3. The molecule has 0 unspecified atom stereocenters. The van der Waals surface area contributed by atoms with Gasteiger partial charge in [-0.2, -0.15) is 0 Å². The zero-order valence-electron chi connectivity index (χ0n) is 46.4.